The first-order valence-electron chi connectivity index (χ1n) is 5.58. The van der Waals surface area contributed by atoms with Crippen molar-refractivity contribution in [2.45, 2.75) is 52.0 Å². The number of hydrogen-bond acceptors (Lipinski definition) is 1. The second-order valence-electron chi connectivity index (χ2n) is 3.88. The number of nitrogens with zero attached hydrogens (tertiary/aromatic N) is 1. The third-order valence-electron chi connectivity index (χ3n) is 3.29. The number of rotatable bonds is 0. The van der Waals surface area contributed by atoms with E-state index < -0.39 is 0 Å². The van der Waals surface area contributed by atoms with Crippen LogP contribution in [-0.4, -0.2) is 24.5 Å². The first-order valence-corrected chi connectivity index (χ1v) is 5.58. The van der Waals surface area contributed by atoms with Gasteiger partial charge in [0.25, 0.3) is 0 Å². The van der Waals surface area contributed by atoms with Crippen molar-refractivity contribution in [1.82, 2.24) is 4.90 Å². The third-order valence-corrected chi connectivity index (χ3v) is 3.29. The molecule has 0 aromatic carbocycles. The lowest BCUT2D eigenvalue weighted by molar-refractivity contribution is 0.215. The fourth-order valence-corrected chi connectivity index (χ4v) is 2.64. The third kappa shape index (κ3) is 2.01. The van der Waals surface area contributed by atoms with E-state index in [-0.39, 0.29) is 0 Å². The van der Waals surface area contributed by atoms with E-state index in [4.69, 9.17) is 0 Å². The lowest BCUT2D eigenvalue weighted by Crippen LogP contribution is -2.31. The standard InChI is InChI=1S/C9H17N.C2H6/c1-10-7-6-8-4-2-3-5-9(8)10;1-2/h8-9H,2-7H2,1H3;1-2H3. The minimum Gasteiger partial charge on any atom is -0.303 e. The molecule has 72 valence electrons. The number of likely N-dealkylation sites (tertiary alicyclic amines) is 1. The second kappa shape index (κ2) is 4.86. The minimum atomic E-state index is 0.966. The van der Waals surface area contributed by atoms with Crippen LogP contribution >= 0.6 is 0 Å². The predicted octanol–water partition coefficient (Wildman–Crippen LogP) is 2.91. The van der Waals surface area contributed by atoms with Crippen molar-refractivity contribution >= 4 is 0 Å². The summed E-state index contributed by atoms with van der Waals surface area (Å²) in [4.78, 5) is 2.56. The molecule has 0 N–H and O–H groups in total. The summed E-state index contributed by atoms with van der Waals surface area (Å²) in [5.41, 5.74) is 0. The molecule has 1 heterocycles. The van der Waals surface area contributed by atoms with Gasteiger partial charge in [-0.1, -0.05) is 26.7 Å². The van der Waals surface area contributed by atoms with Gasteiger partial charge in [0.2, 0.25) is 0 Å². The van der Waals surface area contributed by atoms with Crippen LogP contribution in [-0.2, 0) is 0 Å². The quantitative estimate of drug-likeness (QED) is 0.539. The van der Waals surface area contributed by atoms with Crippen LogP contribution in [0.5, 0.6) is 0 Å². The van der Waals surface area contributed by atoms with Crippen molar-refractivity contribution in [3.63, 3.8) is 0 Å². The number of fused-ring (bicyclic) bond motifs is 1. The summed E-state index contributed by atoms with van der Waals surface area (Å²) in [6.07, 6.45) is 7.43. The molecule has 2 aliphatic rings. The van der Waals surface area contributed by atoms with Crippen LogP contribution in [0, 0.1) is 5.92 Å². The van der Waals surface area contributed by atoms with Crippen LogP contribution in [0.25, 0.3) is 0 Å². The maximum absolute atomic E-state index is 2.56. The summed E-state index contributed by atoms with van der Waals surface area (Å²) < 4.78 is 0. The number of hydrogen-bond donors (Lipinski definition) is 0. The molecular weight excluding hydrogens is 146 g/mol. The largest absolute Gasteiger partial charge is 0.303 e. The highest BCUT2D eigenvalue weighted by Crippen LogP contribution is 2.34. The molecule has 0 aromatic heterocycles. The van der Waals surface area contributed by atoms with Crippen molar-refractivity contribution < 1.29 is 0 Å². The molecule has 12 heavy (non-hydrogen) atoms. The van der Waals surface area contributed by atoms with Crippen molar-refractivity contribution in [1.29, 1.82) is 0 Å². The SMILES string of the molecule is CC.CN1CCC2CCCCC21. The molecule has 1 saturated carbocycles. The lowest BCUT2D eigenvalue weighted by Gasteiger charge is -2.28. The molecule has 1 aliphatic heterocycles. The van der Waals surface area contributed by atoms with Crippen LogP contribution in [0.2, 0.25) is 0 Å². The van der Waals surface area contributed by atoms with Crippen LogP contribution < -0.4 is 0 Å². The Kier molecular flexibility index (Phi) is 4.07. The van der Waals surface area contributed by atoms with E-state index in [2.05, 4.69) is 11.9 Å². The first kappa shape index (κ1) is 10.0. The molecule has 2 rings (SSSR count). The molecule has 0 bridgehead atoms. The van der Waals surface area contributed by atoms with Gasteiger partial charge in [0.15, 0.2) is 0 Å². The Morgan fingerprint density at radius 1 is 1.00 bits per heavy atom. The Morgan fingerprint density at radius 2 is 1.67 bits per heavy atom. The van der Waals surface area contributed by atoms with Gasteiger partial charge in [0.05, 0.1) is 0 Å². The van der Waals surface area contributed by atoms with E-state index >= 15 is 0 Å². The zero-order valence-electron chi connectivity index (χ0n) is 8.84. The van der Waals surface area contributed by atoms with Gasteiger partial charge in [-0.05, 0) is 38.8 Å². The molecule has 0 spiro atoms. The normalized spacial score (nSPS) is 35.2. The van der Waals surface area contributed by atoms with Crippen LogP contribution in [0.4, 0.5) is 0 Å². The maximum Gasteiger partial charge on any atom is 0.0121 e. The molecule has 2 fully saturated rings. The summed E-state index contributed by atoms with van der Waals surface area (Å²) in [5, 5.41) is 0. The Labute approximate surface area is 77.1 Å². The molecule has 0 radical (unpaired) electrons. The summed E-state index contributed by atoms with van der Waals surface area (Å²) in [7, 11) is 2.29. The van der Waals surface area contributed by atoms with Crippen molar-refractivity contribution in [3.8, 4) is 0 Å². The fourth-order valence-electron chi connectivity index (χ4n) is 2.64. The van der Waals surface area contributed by atoms with Gasteiger partial charge in [-0.2, -0.15) is 0 Å². The smallest absolute Gasteiger partial charge is 0.0121 e. The zero-order chi connectivity index (χ0) is 8.97. The average Bonchev–Trinajstić information content (AvgIpc) is 2.53. The second-order valence-corrected chi connectivity index (χ2v) is 3.88. The van der Waals surface area contributed by atoms with Crippen molar-refractivity contribution in [2.24, 2.45) is 5.92 Å². The van der Waals surface area contributed by atoms with Crippen LogP contribution in [0.3, 0.4) is 0 Å². The van der Waals surface area contributed by atoms with Gasteiger partial charge in [-0.3, -0.25) is 0 Å². The van der Waals surface area contributed by atoms with Gasteiger partial charge in [0, 0.05) is 6.04 Å². The molecular formula is C11H23N. The predicted molar refractivity (Wildman–Crippen MR) is 54.3 cm³/mol. The van der Waals surface area contributed by atoms with E-state index in [1.807, 2.05) is 13.8 Å². The molecule has 1 heteroatoms. The van der Waals surface area contributed by atoms with Gasteiger partial charge in [0.1, 0.15) is 0 Å². The van der Waals surface area contributed by atoms with Crippen molar-refractivity contribution in [3.05, 3.63) is 0 Å². The zero-order valence-corrected chi connectivity index (χ0v) is 8.84. The Balaban J connectivity index is 0.000000336. The molecule has 0 amide bonds. The van der Waals surface area contributed by atoms with E-state index in [0.717, 1.165) is 12.0 Å². The van der Waals surface area contributed by atoms with Gasteiger partial charge >= 0.3 is 0 Å². The Morgan fingerprint density at radius 3 is 2.33 bits per heavy atom. The summed E-state index contributed by atoms with van der Waals surface area (Å²) in [5.74, 6) is 1.07. The topological polar surface area (TPSA) is 3.24 Å². The molecule has 1 nitrogen and oxygen atoms in total. The highest BCUT2D eigenvalue weighted by Gasteiger charge is 2.32. The van der Waals surface area contributed by atoms with E-state index in [0.29, 0.717) is 0 Å². The Bertz CT molecular complexity index is 120. The molecule has 1 saturated heterocycles. The summed E-state index contributed by atoms with van der Waals surface area (Å²) in [6, 6.07) is 0.966. The molecule has 1 aliphatic carbocycles. The summed E-state index contributed by atoms with van der Waals surface area (Å²) in [6.45, 7) is 5.36. The molecule has 2 atom stereocenters. The van der Waals surface area contributed by atoms with E-state index in [1.165, 1.54) is 38.6 Å². The van der Waals surface area contributed by atoms with Gasteiger partial charge < -0.3 is 4.90 Å². The monoisotopic (exact) mass is 169 g/mol. The average molecular weight is 169 g/mol. The van der Waals surface area contributed by atoms with E-state index in [1.54, 1.807) is 0 Å². The fraction of sp³-hybridized carbons (Fsp3) is 1.00. The van der Waals surface area contributed by atoms with E-state index in [9.17, 15) is 0 Å². The van der Waals surface area contributed by atoms with Crippen LogP contribution in [0.1, 0.15) is 46.0 Å². The van der Waals surface area contributed by atoms with Crippen LogP contribution in [0.15, 0.2) is 0 Å². The summed E-state index contributed by atoms with van der Waals surface area (Å²) >= 11 is 0. The van der Waals surface area contributed by atoms with Gasteiger partial charge in [-0.15, -0.1) is 0 Å². The van der Waals surface area contributed by atoms with Crippen molar-refractivity contribution in [2.75, 3.05) is 13.6 Å². The molecule has 0 aromatic rings. The highest BCUT2D eigenvalue weighted by molar-refractivity contribution is 4.87. The van der Waals surface area contributed by atoms with Gasteiger partial charge in [-0.25, -0.2) is 0 Å². The lowest BCUT2D eigenvalue weighted by atomic mass is 9.85. The highest BCUT2D eigenvalue weighted by atomic mass is 15.2. The first-order chi connectivity index (χ1) is 5.88. The maximum atomic E-state index is 2.56. The molecule has 2 unspecified atom stereocenters. The minimum absolute atomic E-state index is 0.966. The Hall–Kier alpha value is -0.0400.